The minimum Gasteiger partial charge on any atom is -0.390 e. The average Bonchev–Trinajstić information content (AvgIpc) is 2.31. The van der Waals surface area contributed by atoms with Crippen LogP contribution in [0.4, 0.5) is 0 Å². The summed E-state index contributed by atoms with van der Waals surface area (Å²) in [7, 11) is 0. The molecule has 2 nitrogen and oxygen atoms in total. The molecule has 0 amide bonds. The van der Waals surface area contributed by atoms with Gasteiger partial charge in [0.05, 0.1) is 27.1 Å². The Morgan fingerprint density at radius 1 is 1.28 bits per heavy atom. The molecule has 1 fully saturated rings. The molecule has 1 saturated carbocycles. The number of nitrogens with zero attached hydrogens (tertiary/aromatic N) is 1. The maximum atomic E-state index is 10.2. The predicted molar refractivity (Wildman–Crippen MR) is 72.8 cm³/mol. The van der Waals surface area contributed by atoms with E-state index in [4.69, 9.17) is 23.2 Å². The van der Waals surface area contributed by atoms with E-state index in [0.29, 0.717) is 16.5 Å². The van der Waals surface area contributed by atoms with E-state index in [1.807, 2.05) is 6.07 Å². The molecule has 1 aromatic carbocycles. The van der Waals surface area contributed by atoms with Crippen LogP contribution in [0.25, 0.3) is 0 Å². The molecule has 2 atom stereocenters. The lowest BCUT2D eigenvalue weighted by Gasteiger charge is -2.40. The molecule has 1 aliphatic rings. The van der Waals surface area contributed by atoms with Crippen LogP contribution in [-0.2, 0) is 5.41 Å². The number of aliphatic hydroxyl groups is 1. The fourth-order valence-corrected chi connectivity index (χ4v) is 3.10. The van der Waals surface area contributed by atoms with E-state index in [0.717, 1.165) is 24.8 Å². The first kappa shape index (κ1) is 13.7. The molecule has 4 heteroatoms. The van der Waals surface area contributed by atoms with Gasteiger partial charge in [0.15, 0.2) is 0 Å². The third-order valence-electron chi connectivity index (χ3n) is 3.69. The first-order chi connectivity index (χ1) is 8.38. The van der Waals surface area contributed by atoms with Gasteiger partial charge in [0.25, 0.3) is 0 Å². The van der Waals surface area contributed by atoms with Gasteiger partial charge in [0.1, 0.15) is 0 Å². The monoisotopic (exact) mass is 283 g/mol. The molecule has 0 bridgehead atoms. The van der Waals surface area contributed by atoms with Crippen molar-refractivity contribution in [2.24, 2.45) is 0 Å². The zero-order valence-electron chi connectivity index (χ0n) is 10.2. The first-order valence-corrected chi connectivity index (χ1v) is 6.73. The minimum atomic E-state index is -0.792. The molecule has 96 valence electrons. The van der Waals surface area contributed by atoms with Crippen LogP contribution < -0.4 is 0 Å². The van der Waals surface area contributed by atoms with Gasteiger partial charge in [-0.15, -0.1) is 0 Å². The third kappa shape index (κ3) is 2.49. The highest BCUT2D eigenvalue weighted by atomic mass is 35.5. The molecule has 0 aliphatic heterocycles. The van der Waals surface area contributed by atoms with E-state index in [9.17, 15) is 10.4 Å². The lowest BCUT2D eigenvalue weighted by Crippen LogP contribution is -2.41. The van der Waals surface area contributed by atoms with Gasteiger partial charge in [-0.25, -0.2) is 0 Å². The summed E-state index contributed by atoms with van der Waals surface area (Å²) in [4.78, 5) is 0. The highest BCUT2D eigenvalue weighted by Gasteiger charge is 2.43. The topological polar surface area (TPSA) is 44.0 Å². The normalized spacial score (nSPS) is 31.9. The Morgan fingerprint density at radius 3 is 2.56 bits per heavy atom. The van der Waals surface area contributed by atoms with Crippen LogP contribution in [0.3, 0.4) is 0 Å². The summed E-state index contributed by atoms with van der Waals surface area (Å²) in [5.74, 6) is 0. The predicted octanol–water partition coefficient (Wildman–Crippen LogP) is 4.08. The number of nitriles is 1. The number of benzene rings is 1. The summed E-state index contributed by atoms with van der Waals surface area (Å²) in [6.07, 6.45) is 2.75. The quantitative estimate of drug-likeness (QED) is 0.844. The van der Waals surface area contributed by atoms with E-state index >= 15 is 0 Å². The molecule has 18 heavy (non-hydrogen) atoms. The van der Waals surface area contributed by atoms with E-state index in [2.05, 4.69) is 6.07 Å². The van der Waals surface area contributed by atoms with Crippen molar-refractivity contribution in [2.45, 2.75) is 43.6 Å². The Bertz CT molecular complexity index is 507. The standard InChI is InChI=1S/C14H15Cl2NO/c1-13(18)5-2-6-14(8-13,9-17)10-3-4-11(15)12(16)7-10/h3-4,7,18H,2,5-6,8H2,1H3. The van der Waals surface area contributed by atoms with Crippen molar-refractivity contribution in [1.29, 1.82) is 5.26 Å². The molecule has 1 aromatic rings. The second kappa shape index (κ2) is 4.74. The van der Waals surface area contributed by atoms with Crippen molar-refractivity contribution in [1.82, 2.24) is 0 Å². The first-order valence-electron chi connectivity index (χ1n) is 5.98. The third-order valence-corrected chi connectivity index (χ3v) is 4.43. The number of rotatable bonds is 1. The zero-order chi connectivity index (χ0) is 13.4. The average molecular weight is 284 g/mol. The molecule has 0 radical (unpaired) electrons. The Kier molecular flexibility index (Phi) is 3.60. The van der Waals surface area contributed by atoms with E-state index in [-0.39, 0.29) is 0 Å². The molecular weight excluding hydrogens is 269 g/mol. The fraction of sp³-hybridized carbons (Fsp3) is 0.500. The van der Waals surface area contributed by atoms with E-state index < -0.39 is 11.0 Å². The van der Waals surface area contributed by atoms with Crippen molar-refractivity contribution >= 4 is 23.2 Å². The minimum absolute atomic E-state index is 0.439. The summed E-state index contributed by atoms with van der Waals surface area (Å²) >= 11 is 11.9. The summed E-state index contributed by atoms with van der Waals surface area (Å²) in [6.45, 7) is 1.79. The number of halogens is 2. The molecule has 0 heterocycles. The van der Waals surface area contributed by atoms with Crippen LogP contribution in [-0.4, -0.2) is 10.7 Å². The molecule has 2 rings (SSSR count). The van der Waals surface area contributed by atoms with Crippen LogP contribution in [0.5, 0.6) is 0 Å². The molecule has 1 aliphatic carbocycles. The van der Waals surface area contributed by atoms with Crippen LogP contribution in [0.2, 0.25) is 10.0 Å². The van der Waals surface area contributed by atoms with Crippen LogP contribution >= 0.6 is 23.2 Å². The van der Waals surface area contributed by atoms with Crippen molar-refractivity contribution < 1.29 is 5.11 Å². The molecule has 1 N–H and O–H groups in total. The van der Waals surface area contributed by atoms with Gasteiger partial charge >= 0.3 is 0 Å². The van der Waals surface area contributed by atoms with Gasteiger partial charge in [-0.3, -0.25) is 0 Å². The van der Waals surface area contributed by atoms with Crippen LogP contribution in [0, 0.1) is 11.3 Å². The number of hydrogen-bond acceptors (Lipinski definition) is 2. The van der Waals surface area contributed by atoms with Gasteiger partial charge in [0.2, 0.25) is 0 Å². The Hall–Kier alpha value is -0.750. The van der Waals surface area contributed by atoms with Crippen molar-refractivity contribution in [3.05, 3.63) is 33.8 Å². The van der Waals surface area contributed by atoms with Gasteiger partial charge in [-0.05, 0) is 50.3 Å². The summed E-state index contributed by atoms with van der Waals surface area (Å²) in [5.41, 5.74) is -0.602. The fourth-order valence-electron chi connectivity index (χ4n) is 2.80. The second-order valence-corrected chi connectivity index (χ2v) is 6.16. The van der Waals surface area contributed by atoms with E-state index in [1.165, 1.54) is 0 Å². The highest BCUT2D eigenvalue weighted by Crippen LogP contribution is 2.44. The van der Waals surface area contributed by atoms with Crippen molar-refractivity contribution in [3.8, 4) is 6.07 Å². The Morgan fingerprint density at radius 2 is 2.00 bits per heavy atom. The maximum absolute atomic E-state index is 10.2. The van der Waals surface area contributed by atoms with Crippen molar-refractivity contribution in [3.63, 3.8) is 0 Å². The van der Waals surface area contributed by atoms with Gasteiger partial charge in [0, 0.05) is 0 Å². The second-order valence-electron chi connectivity index (χ2n) is 5.35. The van der Waals surface area contributed by atoms with Gasteiger partial charge in [-0.1, -0.05) is 29.3 Å². The highest BCUT2D eigenvalue weighted by molar-refractivity contribution is 6.42. The zero-order valence-corrected chi connectivity index (χ0v) is 11.7. The van der Waals surface area contributed by atoms with Gasteiger partial charge < -0.3 is 5.11 Å². The smallest absolute Gasteiger partial charge is 0.0850 e. The van der Waals surface area contributed by atoms with Crippen LogP contribution in [0.1, 0.15) is 38.2 Å². The molecular formula is C14H15Cl2NO. The molecule has 0 saturated heterocycles. The maximum Gasteiger partial charge on any atom is 0.0850 e. The summed E-state index contributed by atoms with van der Waals surface area (Å²) in [5, 5.41) is 20.7. The Labute approximate surface area is 117 Å². The number of hydrogen-bond donors (Lipinski definition) is 1. The molecule has 0 spiro atoms. The SMILES string of the molecule is CC1(O)CCCC(C#N)(c2ccc(Cl)c(Cl)c2)C1. The molecule has 0 aromatic heterocycles. The lowest BCUT2D eigenvalue weighted by atomic mass is 9.65. The summed E-state index contributed by atoms with van der Waals surface area (Å²) in [6, 6.07) is 7.66. The summed E-state index contributed by atoms with van der Waals surface area (Å²) < 4.78 is 0. The largest absolute Gasteiger partial charge is 0.390 e. The van der Waals surface area contributed by atoms with Gasteiger partial charge in [-0.2, -0.15) is 5.26 Å². The van der Waals surface area contributed by atoms with Crippen molar-refractivity contribution in [2.75, 3.05) is 0 Å². The Balaban J connectivity index is 2.44. The lowest BCUT2D eigenvalue weighted by molar-refractivity contribution is 0.00182. The van der Waals surface area contributed by atoms with Crippen LogP contribution in [0.15, 0.2) is 18.2 Å². The van der Waals surface area contributed by atoms with E-state index in [1.54, 1.807) is 19.1 Å². The molecule has 2 unspecified atom stereocenters.